The van der Waals surface area contributed by atoms with Gasteiger partial charge < -0.3 is 15.9 Å². The summed E-state index contributed by atoms with van der Waals surface area (Å²) in [5, 5.41) is 18.2. The van der Waals surface area contributed by atoms with Crippen molar-refractivity contribution >= 4 is 22.6 Å². The van der Waals surface area contributed by atoms with Crippen LogP contribution < -0.4 is 10.5 Å². The van der Waals surface area contributed by atoms with Crippen molar-refractivity contribution in [2.24, 2.45) is 0 Å². The molecule has 124 valence electrons. The Morgan fingerprint density at radius 1 is 1.41 bits per heavy atom. The number of nitrogens with one attached hydrogen (secondary N) is 1. The van der Waals surface area contributed by atoms with Crippen molar-refractivity contribution in [2.45, 2.75) is 32.0 Å². The van der Waals surface area contributed by atoms with Crippen LogP contribution in [0, 0.1) is 0 Å². The van der Waals surface area contributed by atoms with Gasteiger partial charge in [0.05, 0.1) is 6.54 Å². The number of nitrogen functional groups attached to an aromatic ring is 1. The number of aliphatic carboxylic acids is 1. The van der Waals surface area contributed by atoms with Crippen molar-refractivity contribution < 1.29 is 24.1 Å². The molecule has 0 amide bonds. The molecule has 1 unspecified atom stereocenters. The van der Waals surface area contributed by atoms with Gasteiger partial charge >= 0.3 is 5.97 Å². The lowest BCUT2D eigenvalue weighted by Gasteiger charge is -2.35. The summed E-state index contributed by atoms with van der Waals surface area (Å²) < 4.78 is 23.4. The van der Waals surface area contributed by atoms with Crippen LogP contribution in [0.5, 0.6) is 0 Å². The Kier molecular flexibility index (Phi) is 5.27. The lowest BCUT2D eigenvalue weighted by atomic mass is 10.0. The SMILES string of the molecule is Nc1ccc(CN2CC(O)NS2(O)O)c(CCCC(=O)O)c1. The van der Waals surface area contributed by atoms with Gasteiger partial charge in [0.2, 0.25) is 0 Å². The number of nitrogens with zero attached hydrogens (tertiary/aromatic N) is 1. The quantitative estimate of drug-likeness (QED) is 0.424. The minimum Gasteiger partial charge on any atom is -0.481 e. The van der Waals surface area contributed by atoms with Crippen LogP contribution in [0.25, 0.3) is 0 Å². The molecule has 22 heavy (non-hydrogen) atoms. The number of nitrogens with two attached hydrogens (primary N) is 1. The van der Waals surface area contributed by atoms with Crippen molar-refractivity contribution in [2.75, 3.05) is 12.3 Å². The van der Waals surface area contributed by atoms with Crippen LogP contribution >= 0.6 is 11.0 Å². The second kappa shape index (κ2) is 6.82. The second-order valence-corrected chi connectivity index (χ2v) is 7.04. The van der Waals surface area contributed by atoms with Gasteiger partial charge in [-0.15, -0.1) is 0 Å². The molecule has 1 saturated heterocycles. The van der Waals surface area contributed by atoms with Crippen molar-refractivity contribution in [3.8, 4) is 0 Å². The molecule has 1 heterocycles. The molecular weight excluding hydrogens is 310 g/mol. The first-order chi connectivity index (χ1) is 10.3. The number of aliphatic hydroxyl groups is 1. The highest BCUT2D eigenvalue weighted by molar-refractivity contribution is 8.20. The largest absolute Gasteiger partial charge is 0.481 e. The van der Waals surface area contributed by atoms with Crippen LogP contribution in [0.15, 0.2) is 18.2 Å². The van der Waals surface area contributed by atoms with E-state index >= 15 is 0 Å². The molecule has 0 radical (unpaired) electrons. The van der Waals surface area contributed by atoms with E-state index in [-0.39, 0.29) is 19.5 Å². The van der Waals surface area contributed by atoms with Gasteiger partial charge in [0.1, 0.15) is 6.23 Å². The molecule has 2 rings (SSSR count). The monoisotopic (exact) mass is 331 g/mol. The first kappa shape index (κ1) is 17.0. The summed E-state index contributed by atoms with van der Waals surface area (Å²) in [6, 6.07) is 5.26. The number of carbonyl (C=O) groups is 1. The van der Waals surface area contributed by atoms with Crippen LogP contribution in [0.3, 0.4) is 0 Å². The number of rotatable bonds is 6. The van der Waals surface area contributed by atoms with E-state index < -0.39 is 23.2 Å². The van der Waals surface area contributed by atoms with E-state index in [0.717, 1.165) is 11.1 Å². The number of anilines is 1. The third-order valence-electron chi connectivity index (χ3n) is 3.44. The fraction of sp³-hybridized carbons (Fsp3) is 0.462. The van der Waals surface area contributed by atoms with E-state index in [1.54, 1.807) is 18.2 Å². The Hall–Kier alpha value is -1.36. The topological polar surface area (TPSA) is 139 Å². The molecule has 8 nitrogen and oxygen atoms in total. The lowest BCUT2D eigenvalue weighted by molar-refractivity contribution is -0.137. The zero-order valence-corrected chi connectivity index (χ0v) is 12.8. The van der Waals surface area contributed by atoms with E-state index in [1.807, 2.05) is 0 Å². The predicted molar refractivity (Wildman–Crippen MR) is 83.8 cm³/mol. The number of carboxylic acids is 1. The zero-order chi connectivity index (χ0) is 16.3. The van der Waals surface area contributed by atoms with Gasteiger partial charge in [-0.1, -0.05) is 17.0 Å². The van der Waals surface area contributed by atoms with Crippen molar-refractivity contribution in [1.82, 2.24) is 9.03 Å². The van der Waals surface area contributed by atoms with E-state index in [2.05, 4.69) is 4.72 Å². The van der Waals surface area contributed by atoms with Gasteiger partial charge in [-0.3, -0.25) is 13.9 Å². The number of hydrogen-bond donors (Lipinski definition) is 6. The molecule has 9 heteroatoms. The smallest absolute Gasteiger partial charge is 0.303 e. The highest BCUT2D eigenvalue weighted by Crippen LogP contribution is 2.44. The summed E-state index contributed by atoms with van der Waals surface area (Å²) in [6.07, 6.45) is 0.0840. The van der Waals surface area contributed by atoms with Crippen LogP contribution in [0.2, 0.25) is 0 Å². The molecule has 7 N–H and O–H groups in total. The highest BCUT2D eigenvalue weighted by atomic mass is 32.3. The van der Waals surface area contributed by atoms with Crippen molar-refractivity contribution in [3.05, 3.63) is 29.3 Å². The number of aryl methyl sites for hydroxylation is 1. The molecule has 1 aromatic rings. The molecule has 0 spiro atoms. The van der Waals surface area contributed by atoms with Crippen LogP contribution in [0.4, 0.5) is 5.69 Å². The fourth-order valence-electron chi connectivity index (χ4n) is 2.40. The summed E-state index contributed by atoms with van der Waals surface area (Å²) in [7, 11) is -3.19. The van der Waals surface area contributed by atoms with E-state index in [1.165, 1.54) is 4.31 Å². The van der Waals surface area contributed by atoms with Gasteiger partial charge in [-0.05, 0) is 36.1 Å². The summed E-state index contributed by atoms with van der Waals surface area (Å²) in [4.78, 5) is 10.6. The van der Waals surface area contributed by atoms with E-state index in [0.29, 0.717) is 18.5 Å². The van der Waals surface area contributed by atoms with Gasteiger partial charge in [0, 0.05) is 18.7 Å². The van der Waals surface area contributed by atoms with E-state index in [4.69, 9.17) is 10.8 Å². The van der Waals surface area contributed by atoms with Crippen molar-refractivity contribution in [3.63, 3.8) is 0 Å². The Morgan fingerprint density at radius 3 is 2.73 bits per heavy atom. The molecule has 1 aliphatic rings. The number of hydrogen-bond acceptors (Lipinski definition) is 7. The summed E-state index contributed by atoms with van der Waals surface area (Å²) in [5.74, 6) is -0.855. The van der Waals surface area contributed by atoms with Crippen LogP contribution in [0.1, 0.15) is 24.0 Å². The average Bonchev–Trinajstić information content (AvgIpc) is 2.64. The maximum Gasteiger partial charge on any atom is 0.303 e. The van der Waals surface area contributed by atoms with Gasteiger partial charge in [-0.25, -0.2) is 0 Å². The summed E-state index contributed by atoms with van der Waals surface area (Å²) in [5.41, 5.74) is 8.04. The molecule has 1 aromatic carbocycles. The minimum absolute atomic E-state index is 0.0629. The van der Waals surface area contributed by atoms with Gasteiger partial charge in [0.15, 0.2) is 0 Å². The third kappa shape index (κ3) is 4.32. The number of aliphatic hydroxyl groups excluding tert-OH is 1. The minimum atomic E-state index is -3.19. The Labute approximate surface area is 130 Å². The average molecular weight is 331 g/mol. The first-order valence-corrected chi connectivity index (χ1v) is 8.36. The molecule has 0 aromatic heterocycles. The number of β-amino-alcohol motifs (C(OH)–C–C–N with tert-alkyl or cyclic N) is 1. The first-order valence-electron chi connectivity index (χ1n) is 6.85. The Morgan fingerprint density at radius 2 is 2.14 bits per heavy atom. The van der Waals surface area contributed by atoms with Gasteiger partial charge in [-0.2, -0.15) is 9.03 Å². The normalized spacial score (nSPS) is 22.6. The maximum absolute atomic E-state index is 10.6. The molecule has 1 fully saturated rings. The second-order valence-electron chi connectivity index (χ2n) is 5.25. The molecule has 1 atom stereocenters. The fourth-order valence-corrected chi connectivity index (χ4v) is 3.66. The van der Waals surface area contributed by atoms with Gasteiger partial charge in [0.25, 0.3) is 0 Å². The van der Waals surface area contributed by atoms with Crippen LogP contribution in [-0.2, 0) is 17.8 Å². The molecule has 1 aliphatic heterocycles. The van der Waals surface area contributed by atoms with Crippen LogP contribution in [-0.4, -0.2) is 42.4 Å². The predicted octanol–water partition coefficient (Wildman–Crippen LogP) is 0.980. The van der Waals surface area contributed by atoms with Crippen molar-refractivity contribution in [1.29, 1.82) is 0 Å². The summed E-state index contributed by atoms with van der Waals surface area (Å²) >= 11 is 0. The lowest BCUT2D eigenvalue weighted by Crippen LogP contribution is -2.26. The third-order valence-corrected chi connectivity index (χ3v) is 5.03. The zero-order valence-electron chi connectivity index (χ0n) is 12.0. The Balaban J connectivity index is 2.11. The molecule has 0 aliphatic carbocycles. The standard InChI is InChI=1S/C13H21N3O5S/c14-11-5-4-10(9(6-11)2-1-3-13(18)19)7-16-8-12(17)15-22(16,20)21/h4-6,12,15,17,20-21H,1-3,7-8,14H2,(H,18,19). The molecule has 0 bridgehead atoms. The molecule has 0 saturated carbocycles. The van der Waals surface area contributed by atoms with E-state index in [9.17, 15) is 19.0 Å². The summed E-state index contributed by atoms with van der Waals surface area (Å²) in [6.45, 7) is 0.330. The highest BCUT2D eigenvalue weighted by Gasteiger charge is 2.34. The molecular formula is C13H21N3O5S. The Bertz CT molecular complexity index is 554. The maximum atomic E-state index is 10.6. The number of carboxylic acid groups (broad SMARTS) is 1. The number of benzene rings is 1.